The maximum Gasteiger partial charge on any atom is 0.159 e. The van der Waals surface area contributed by atoms with Crippen molar-refractivity contribution < 1.29 is 13.2 Å². The van der Waals surface area contributed by atoms with Crippen molar-refractivity contribution in [1.82, 2.24) is 4.90 Å². The van der Waals surface area contributed by atoms with E-state index in [1.54, 1.807) is 6.92 Å². The Bertz CT molecular complexity index is 620. The molecule has 0 radical (unpaired) electrons. The minimum atomic E-state index is -2.78. The van der Waals surface area contributed by atoms with Gasteiger partial charge in [0.05, 0.1) is 10.5 Å². The van der Waals surface area contributed by atoms with Crippen LogP contribution >= 0.6 is 0 Å². The van der Waals surface area contributed by atoms with Gasteiger partial charge in [0.2, 0.25) is 0 Å². The highest BCUT2D eigenvalue weighted by molar-refractivity contribution is 7.94. The van der Waals surface area contributed by atoms with Gasteiger partial charge in [-0.25, -0.2) is 8.42 Å². The Morgan fingerprint density at radius 1 is 1.30 bits per heavy atom. The lowest BCUT2D eigenvalue weighted by Gasteiger charge is -2.46. The van der Waals surface area contributed by atoms with Crippen LogP contribution in [0.25, 0.3) is 0 Å². The van der Waals surface area contributed by atoms with Gasteiger partial charge in [0.15, 0.2) is 15.6 Å². The molecule has 108 valence electrons. The predicted molar refractivity (Wildman–Crippen MR) is 77.7 cm³/mol. The molecule has 5 heteroatoms. The number of carbonyl (C=O) groups excluding carboxylic acids is 1. The second kappa shape index (κ2) is 4.97. The number of nitrogens with zero attached hydrogens (tertiary/aromatic N) is 1. The first kappa shape index (κ1) is 13.8. The van der Waals surface area contributed by atoms with Crippen LogP contribution in [0.3, 0.4) is 0 Å². The molecule has 0 aliphatic carbocycles. The van der Waals surface area contributed by atoms with Crippen molar-refractivity contribution in [1.29, 1.82) is 0 Å². The summed E-state index contributed by atoms with van der Waals surface area (Å²) in [5.41, 5.74) is 1.88. The fourth-order valence-electron chi connectivity index (χ4n) is 3.13. The number of rotatable bonds is 4. The van der Waals surface area contributed by atoms with Gasteiger partial charge in [-0.05, 0) is 31.4 Å². The molecule has 1 aromatic carbocycles. The van der Waals surface area contributed by atoms with Gasteiger partial charge in [-0.15, -0.1) is 0 Å². The third kappa shape index (κ3) is 2.40. The highest BCUT2D eigenvalue weighted by atomic mass is 32.2. The molecular weight excluding hydrogens is 274 g/mol. The summed E-state index contributed by atoms with van der Waals surface area (Å²) in [6.45, 7) is 3.78. The number of carbonyl (C=O) groups is 1. The molecule has 2 bridgehead atoms. The van der Waals surface area contributed by atoms with Gasteiger partial charge in [0, 0.05) is 25.2 Å². The van der Waals surface area contributed by atoms with Gasteiger partial charge >= 0.3 is 0 Å². The third-order valence-corrected chi connectivity index (χ3v) is 6.97. The molecule has 3 saturated heterocycles. The smallest absolute Gasteiger partial charge is 0.159 e. The number of hydrogen-bond acceptors (Lipinski definition) is 4. The number of Topliss-reactive ketones (excluding diaryl/α,β-unsaturated/α-hetero) is 1. The standard InChI is InChI=1S/C15H19NO3S/c1-11(17)13-4-2-3-12(7-13)5-6-16-9-14-8-15(10-16)20(14,18)19/h2-4,7,14-15H,5-6,8-10H2,1H3. The second-order valence-electron chi connectivity index (χ2n) is 5.83. The Labute approximate surface area is 119 Å². The Morgan fingerprint density at radius 3 is 2.60 bits per heavy atom. The first-order chi connectivity index (χ1) is 9.46. The van der Waals surface area contributed by atoms with Crippen LogP contribution in [0, 0.1) is 0 Å². The van der Waals surface area contributed by atoms with Crippen LogP contribution in [0.2, 0.25) is 0 Å². The topological polar surface area (TPSA) is 54.5 Å². The molecule has 3 fully saturated rings. The number of piperidine rings is 1. The highest BCUT2D eigenvalue weighted by Gasteiger charge is 2.51. The van der Waals surface area contributed by atoms with Crippen molar-refractivity contribution in [3.63, 3.8) is 0 Å². The number of fused-ring (bicyclic) bond motifs is 2. The Morgan fingerprint density at radius 2 is 2.00 bits per heavy atom. The van der Waals surface area contributed by atoms with Crippen molar-refractivity contribution in [2.45, 2.75) is 30.3 Å². The summed E-state index contributed by atoms with van der Waals surface area (Å²) >= 11 is 0. The SMILES string of the molecule is CC(=O)c1cccc(CCN2CC3CC(C2)S3(=O)=O)c1. The van der Waals surface area contributed by atoms with E-state index < -0.39 is 9.84 Å². The van der Waals surface area contributed by atoms with Crippen molar-refractivity contribution in [3.8, 4) is 0 Å². The third-order valence-electron chi connectivity index (χ3n) is 4.43. The zero-order valence-electron chi connectivity index (χ0n) is 11.6. The largest absolute Gasteiger partial charge is 0.300 e. The molecule has 0 saturated carbocycles. The first-order valence-corrected chi connectivity index (χ1v) is 8.62. The van der Waals surface area contributed by atoms with E-state index in [9.17, 15) is 13.2 Å². The summed E-state index contributed by atoms with van der Waals surface area (Å²) < 4.78 is 23.4. The fraction of sp³-hybridized carbons (Fsp3) is 0.533. The Kier molecular flexibility index (Phi) is 3.42. The molecular formula is C15H19NO3S. The van der Waals surface area contributed by atoms with E-state index in [1.807, 2.05) is 24.3 Å². The quantitative estimate of drug-likeness (QED) is 0.785. The fourth-order valence-corrected chi connectivity index (χ4v) is 5.16. The average Bonchev–Trinajstić information content (AvgIpc) is 2.45. The Hall–Kier alpha value is -1.20. The average molecular weight is 293 g/mol. The van der Waals surface area contributed by atoms with E-state index >= 15 is 0 Å². The van der Waals surface area contributed by atoms with E-state index in [0.29, 0.717) is 13.1 Å². The molecule has 2 unspecified atom stereocenters. The lowest BCUT2D eigenvalue weighted by Crippen LogP contribution is -2.62. The van der Waals surface area contributed by atoms with E-state index in [4.69, 9.17) is 0 Å². The van der Waals surface area contributed by atoms with Crippen molar-refractivity contribution in [3.05, 3.63) is 35.4 Å². The zero-order chi connectivity index (χ0) is 14.3. The molecule has 20 heavy (non-hydrogen) atoms. The molecule has 2 atom stereocenters. The maximum absolute atomic E-state index is 11.7. The van der Waals surface area contributed by atoms with Crippen LogP contribution in [-0.4, -0.2) is 49.2 Å². The van der Waals surface area contributed by atoms with Gasteiger partial charge < -0.3 is 4.90 Å². The normalized spacial score (nSPS) is 27.9. The summed E-state index contributed by atoms with van der Waals surface area (Å²) in [5.74, 6) is 0.0807. The van der Waals surface area contributed by atoms with Gasteiger partial charge in [-0.3, -0.25) is 4.79 Å². The number of ketones is 1. The van der Waals surface area contributed by atoms with E-state index in [0.717, 1.165) is 30.5 Å². The van der Waals surface area contributed by atoms with Gasteiger partial charge in [0.1, 0.15) is 0 Å². The van der Waals surface area contributed by atoms with Crippen molar-refractivity contribution >= 4 is 15.6 Å². The van der Waals surface area contributed by atoms with Gasteiger partial charge in [-0.2, -0.15) is 0 Å². The summed E-state index contributed by atoms with van der Waals surface area (Å²) in [6.07, 6.45) is 1.71. The van der Waals surface area contributed by atoms with E-state index in [2.05, 4.69) is 4.90 Å². The molecule has 4 nitrogen and oxygen atoms in total. The van der Waals surface area contributed by atoms with Crippen molar-refractivity contribution in [2.75, 3.05) is 19.6 Å². The summed E-state index contributed by atoms with van der Waals surface area (Å²) in [6, 6.07) is 7.69. The second-order valence-corrected chi connectivity index (χ2v) is 8.35. The van der Waals surface area contributed by atoms with E-state index in [1.165, 1.54) is 0 Å². The van der Waals surface area contributed by atoms with Crippen LogP contribution in [0.5, 0.6) is 0 Å². The molecule has 4 rings (SSSR count). The summed E-state index contributed by atoms with van der Waals surface area (Å²) in [4.78, 5) is 13.6. The molecule has 3 aliphatic heterocycles. The molecule has 0 spiro atoms. The molecule has 3 aliphatic rings. The zero-order valence-corrected chi connectivity index (χ0v) is 12.4. The Balaban J connectivity index is 1.59. The monoisotopic (exact) mass is 293 g/mol. The van der Waals surface area contributed by atoms with Crippen LogP contribution < -0.4 is 0 Å². The van der Waals surface area contributed by atoms with Crippen LogP contribution in [0.1, 0.15) is 29.3 Å². The highest BCUT2D eigenvalue weighted by Crippen LogP contribution is 2.35. The lowest BCUT2D eigenvalue weighted by atomic mass is 10.0. The van der Waals surface area contributed by atoms with Gasteiger partial charge in [-0.1, -0.05) is 18.2 Å². The number of sulfone groups is 1. The van der Waals surface area contributed by atoms with Crippen LogP contribution in [0.15, 0.2) is 24.3 Å². The molecule has 0 amide bonds. The number of hydrogen-bond donors (Lipinski definition) is 0. The van der Waals surface area contributed by atoms with Crippen LogP contribution in [0.4, 0.5) is 0 Å². The van der Waals surface area contributed by atoms with Crippen LogP contribution in [-0.2, 0) is 16.3 Å². The summed E-state index contributed by atoms with van der Waals surface area (Å²) in [7, 11) is -2.78. The van der Waals surface area contributed by atoms with Crippen molar-refractivity contribution in [2.24, 2.45) is 0 Å². The van der Waals surface area contributed by atoms with E-state index in [-0.39, 0.29) is 16.3 Å². The van der Waals surface area contributed by atoms with Gasteiger partial charge in [0.25, 0.3) is 0 Å². The predicted octanol–water partition coefficient (Wildman–Crippen LogP) is 1.30. The first-order valence-electron chi connectivity index (χ1n) is 7.02. The minimum Gasteiger partial charge on any atom is -0.300 e. The molecule has 0 N–H and O–H groups in total. The number of benzene rings is 1. The summed E-state index contributed by atoms with van der Waals surface area (Å²) in [5, 5.41) is -0.269. The molecule has 3 heterocycles. The molecule has 1 aromatic rings. The lowest BCUT2D eigenvalue weighted by molar-refractivity contribution is 0.101. The minimum absolute atomic E-state index is 0.0807. The molecule has 0 aromatic heterocycles. The maximum atomic E-state index is 11.7.